The van der Waals surface area contributed by atoms with Crippen molar-refractivity contribution in [2.24, 2.45) is 5.73 Å². The monoisotopic (exact) mass is 520 g/mol. The normalized spacial score (nSPS) is 12.6. The molecule has 2 heterocycles. The van der Waals surface area contributed by atoms with Crippen molar-refractivity contribution < 1.29 is 29.0 Å². The highest BCUT2D eigenvalue weighted by Crippen LogP contribution is 2.31. The number of aromatic nitrogens is 2. The summed E-state index contributed by atoms with van der Waals surface area (Å²) in [5.41, 5.74) is 8.96. The number of aryl methyl sites for hydroxylation is 1. The topological polar surface area (TPSA) is 169 Å². The molecular weight excluding hydrogens is 492 g/mol. The Morgan fingerprint density at radius 1 is 1.13 bits per heavy atom. The molecule has 1 aliphatic rings. The first kappa shape index (κ1) is 26.2. The van der Waals surface area contributed by atoms with Gasteiger partial charge in [-0.2, -0.15) is 5.10 Å². The number of carbonyl (C=O) groups is 4. The van der Waals surface area contributed by atoms with Gasteiger partial charge in [-0.15, -0.1) is 0 Å². The molecule has 0 aliphatic carbocycles. The number of nitrogens with zero attached hydrogens (tertiary/aromatic N) is 3. The van der Waals surface area contributed by atoms with Crippen LogP contribution in [0.4, 0.5) is 16.2 Å². The molecule has 0 saturated carbocycles. The zero-order valence-electron chi connectivity index (χ0n) is 21.0. The molecule has 1 aromatic heterocycles. The molecule has 4 rings (SSSR count). The van der Waals surface area contributed by atoms with Crippen LogP contribution in [-0.4, -0.2) is 58.9 Å². The second-order valence-electron chi connectivity index (χ2n) is 8.74. The van der Waals surface area contributed by atoms with Crippen molar-refractivity contribution in [1.82, 2.24) is 15.1 Å². The number of amides is 4. The first-order chi connectivity index (χ1) is 18.2. The van der Waals surface area contributed by atoms with Crippen LogP contribution in [0.3, 0.4) is 0 Å². The van der Waals surface area contributed by atoms with Gasteiger partial charge in [0.05, 0.1) is 12.8 Å². The van der Waals surface area contributed by atoms with E-state index < -0.39 is 12.0 Å². The van der Waals surface area contributed by atoms with E-state index in [0.29, 0.717) is 47.8 Å². The molecule has 0 radical (unpaired) electrons. The third-order valence-electron chi connectivity index (χ3n) is 6.22. The molecule has 0 spiro atoms. The Balaban J connectivity index is 1.56. The van der Waals surface area contributed by atoms with Gasteiger partial charge in [-0.05, 0) is 67.8 Å². The minimum Gasteiger partial charge on any atom is -0.497 e. The minimum atomic E-state index is -1.13. The van der Waals surface area contributed by atoms with Gasteiger partial charge in [-0.3, -0.25) is 14.4 Å². The van der Waals surface area contributed by atoms with Gasteiger partial charge in [0.1, 0.15) is 11.4 Å². The highest BCUT2D eigenvalue weighted by atomic mass is 16.5. The molecule has 4 amide bonds. The van der Waals surface area contributed by atoms with E-state index in [1.165, 1.54) is 4.68 Å². The Hall–Kier alpha value is -4.87. The summed E-state index contributed by atoms with van der Waals surface area (Å²) in [7, 11) is 1.55. The quantitative estimate of drug-likeness (QED) is 0.314. The highest BCUT2D eigenvalue weighted by Gasteiger charge is 2.34. The number of nitrogens with one attached hydrogen (secondary N) is 2. The van der Waals surface area contributed by atoms with Gasteiger partial charge >= 0.3 is 6.09 Å². The van der Waals surface area contributed by atoms with Crippen LogP contribution in [0.1, 0.15) is 44.9 Å². The number of methoxy groups -OCH3 is 1. The molecule has 0 unspecified atom stereocenters. The minimum absolute atomic E-state index is 0.0663. The number of carboxylic acid groups (broad SMARTS) is 1. The molecule has 3 aromatic rings. The van der Waals surface area contributed by atoms with Gasteiger partial charge in [0, 0.05) is 36.4 Å². The lowest BCUT2D eigenvalue weighted by atomic mass is 10.0. The average molecular weight is 521 g/mol. The Labute approximate surface area is 218 Å². The number of rotatable bonds is 9. The number of benzene rings is 2. The number of carbonyl (C=O) groups excluding carboxylic acids is 3. The maximum Gasteiger partial charge on any atom is 0.404 e. The summed E-state index contributed by atoms with van der Waals surface area (Å²) >= 11 is 0. The first-order valence-electron chi connectivity index (χ1n) is 11.9. The van der Waals surface area contributed by atoms with Crippen molar-refractivity contribution in [3.8, 4) is 11.4 Å². The molecule has 0 saturated heterocycles. The maximum absolute atomic E-state index is 13.7. The van der Waals surface area contributed by atoms with E-state index in [9.17, 15) is 19.2 Å². The lowest BCUT2D eigenvalue weighted by Gasteiger charge is -2.28. The second kappa shape index (κ2) is 11.0. The number of anilines is 2. The largest absolute Gasteiger partial charge is 0.497 e. The van der Waals surface area contributed by atoms with Crippen LogP contribution in [0, 0.1) is 6.92 Å². The predicted molar refractivity (Wildman–Crippen MR) is 139 cm³/mol. The summed E-state index contributed by atoms with van der Waals surface area (Å²) in [6, 6.07) is 12.2. The highest BCUT2D eigenvalue weighted by molar-refractivity contribution is 6.09. The third kappa shape index (κ3) is 5.43. The Morgan fingerprint density at radius 2 is 1.84 bits per heavy atom. The Morgan fingerprint density at radius 3 is 2.47 bits per heavy atom. The van der Waals surface area contributed by atoms with Gasteiger partial charge in [0.25, 0.3) is 11.8 Å². The molecule has 2 aromatic carbocycles. The van der Waals surface area contributed by atoms with Gasteiger partial charge in [0.15, 0.2) is 5.69 Å². The number of ether oxygens (including phenoxy) is 1. The maximum atomic E-state index is 13.7. The van der Waals surface area contributed by atoms with Crippen molar-refractivity contribution in [3.63, 3.8) is 0 Å². The van der Waals surface area contributed by atoms with E-state index >= 15 is 0 Å². The molecule has 0 fully saturated rings. The molecule has 12 heteroatoms. The number of nitrogens with two attached hydrogens (primary N) is 1. The van der Waals surface area contributed by atoms with Crippen LogP contribution < -0.4 is 26.0 Å². The summed E-state index contributed by atoms with van der Waals surface area (Å²) in [6.45, 7) is 2.32. The van der Waals surface area contributed by atoms with Gasteiger partial charge in [0.2, 0.25) is 5.91 Å². The van der Waals surface area contributed by atoms with Crippen molar-refractivity contribution in [1.29, 1.82) is 0 Å². The van der Waals surface area contributed by atoms with Gasteiger partial charge in [-0.1, -0.05) is 0 Å². The zero-order chi connectivity index (χ0) is 27.4. The van der Waals surface area contributed by atoms with Crippen molar-refractivity contribution in [2.45, 2.75) is 26.2 Å². The number of fused-ring (bicyclic) bond motifs is 1. The van der Waals surface area contributed by atoms with Crippen molar-refractivity contribution in [2.75, 3.05) is 30.4 Å². The van der Waals surface area contributed by atoms with Crippen LogP contribution in [0.5, 0.6) is 5.75 Å². The fraction of sp³-hybridized carbons (Fsp3) is 0.269. The molecule has 0 atom stereocenters. The van der Waals surface area contributed by atoms with Gasteiger partial charge in [-0.25, -0.2) is 9.48 Å². The Kier molecular flexibility index (Phi) is 7.61. The summed E-state index contributed by atoms with van der Waals surface area (Å²) in [6.07, 6.45) is -0.215. The van der Waals surface area contributed by atoms with Gasteiger partial charge < -0.3 is 31.1 Å². The van der Waals surface area contributed by atoms with Crippen LogP contribution in [0.25, 0.3) is 5.69 Å². The summed E-state index contributed by atoms with van der Waals surface area (Å²) in [5, 5.41) is 18.0. The zero-order valence-corrected chi connectivity index (χ0v) is 21.0. The van der Waals surface area contributed by atoms with Crippen LogP contribution in [0.15, 0.2) is 42.5 Å². The SMILES string of the molecule is COc1ccc(-n2nc(C(N)=O)c3c2C(=O)N(c2ccc(NC(=O)CCCNC(=O)O)c(C)c2)CC3)cc1. The van der Waals surface area contributed by atoms with E-state index in [-0.39, 0.29) is 36.2 Å². The van der Waals surface area contributed by atoms with E-state index in [0.717, 1.165) is 5.56 Å². The molecule has 1 aliphatic heterocycles. The smallest absolute Gasteiger partial charge is 0.404 e. The molecular formula is C26H28N6O6. The van der Waals surface area contributed by atoms with Crippen LogP contribution in [0.2, 0.25) is 0 Å². The van der Waals surface area contributed by atoms with E-state index in [1.54, 1.807) is 54.5 Å². The first-order valence-corrected chi connectivity index (χ1v) is 11.9. The summed E-state index contributed by atoms with van der Waals surface area (Å²) < 4.78 is 6.64. The molecule has 0 bridgehead atoms. The number of hydrogen-bond donors (Lipinski definition) is 4. The molecule has 5 N–H and O–H groups in total. The van der Waals surface area contributed by atoms with E-state index in [2.05, 4.69) is 15.7 Å². The fourth-order valence-corrected chi connectivity index (χ4v) is 4.33. The molecule has 12 nitrogen and oxygen atoms in total. The fourth-order valence-electron chi connectivity index (χ4n) is 4.33. The average Bonchev–Trinajstić information content (AvgIpc) is 3.29. The van der Waals surface area contributed by atoms with Crippen LogP contribution >= 0.6 is 0 Å². The lowest BCUT2D eigenvalue weighted by molar-refractivity contribution is -0.116. The predicted octanol–water partition coefficient (Wildman–Crippen LogP) is 2.48. The Bertz CT molecular complexity index is 1400. The van der Waals surface area contributed by atoms with Crippen LogP contribution in [-0.2, 0) is 11.2 Å². The lowest BCUT2D eigenvalue weighted by Crippen LogP contribution is -2.39. The van der Waals surface area contributed by atoms with Crippen molar-refractivity contribution >= 4 is 35.2 Å². The molecule has 198 valence electrons. The summed E-state index contributed by atoms with van der Waals surface area (Å²) in [4.78, 5) is 50.2. The molecule has 38 heavy (non-hydrogen) atoms. The van der Waals surface area contributed by atoms with Crippen molar-refractivity contribution in [3.05, 3.63) is 65.0 Å². The summed E-state index contributed by atoms with van der Waals surface area (Å²) in [5.74, 6) is -0.639. The standard InChI is InChI=1S/C26H28N6O6/c1-15-14-17(7-10-20(15)29-21(33)4-3-12-28-26(36)37)31-13-11-19-22(24(27)34)30-32(23(19)25(31)35)16-5-8-18(38-2)9-6-16/h5-10,14,28H,3-4,11-13H2,1-2H3,(H2,27,34)(H,29,33)(H,36,37). The number of hydrogen-bond acceptors (Lipinski definition) is 6. The number of primary amides is 1. The second-order valence-corrected chi connectivity index (χ2v) is 8.74. The van der Waals surface area contributed by atoms with E-state index in [1.807, 2.05) is 6.92 Å². The third-order valence-corrected chi connectivity index (χ3v) is 6.22. The van der Waals surface area contributed by atoms with E-state index in [4.69, 9.17) is 15.6 Å².